The number of benzene rings is 1. The van der Waals surface area contributed by atoms with Crippen LogP contribution in [0.2, 0.25) is 0 Å². The van der Waals surface area contributed by atoms with E-state index >= 15 is 0 Å². The molecular formula is C17H23NO4. The first kappa shape index (κ1) is 16.5. The van der Waals surface area contributed by atoms with Crippen LogP contribution in [0.3, 0.4) is 0 Å². The summed E-state index contributed by atoms with van der Waals surface area (Å²) in [5, 5.41) is 10.5. The number of aliphatic hydroxyl groups is 1. The number of likely N-dealkylation sites (tertiary alicyclic amines) is 1. The van der Waals surface area contributed by atoms with Gasteiger partial charge in [0.2, 0.25) is 5.91 Å². The number of nitrogens with zero attached hydrogens (tertiary/aromatic N) is 1. The SMILES string of the molecule is CCOC(=O)C[C@@]1(C)C(=O)N(Cc2ccccc2)[C@H](C)[C@H]1O. The maximum absolute atomic E-state index is 12.8. The summed E-state index contributed by atoms with van der Waals surface area (Å²) in [6.45, 7) is 5.86. The quantitative estimate of drug-likeness (QED) is 0.842. The fourth-order valence-corrected chi connectivity index (χ4v) is 3.03. The predicted octanol–water partition coefficient (Wildman–Crippen LogP) is 1.74. The molecule has 0 radical (unpaired) electrons. The molecule has 0 bridgehead atoms. The first-order valence-corrected chi connectivity index (χ1v) is 7.59. The van der Waals surface area contributed by atoms with Crippen molar-refractivity contribution >= 4 is 11.9 Å². The van der Waals surface area contributed by atoms with E-state index in [1.54, 1.807) is 18.7 Å². The van der Waals surface area contributed by atoms with Crippen LogP contribution in [0.4, 0.5) is 0 Å². The molecule has 0 spiro atoms. The second kappa shape index (κ2) is 6.48. The Hall–Kier alpha value is -1.88. The molecule has 1 aromatic carbocycles. The van der Waals surface area contributed by atoms with Gasteiger partial charge >= 0.3 is 5.97 Å². The molecule has 1 saturated heterocycles. The zero-order valence-corrected chi connectivity index (χ0v) is 13.3. The average Bonchev–Trinajstić information content (AvgIpc) is 2.64. The molecule has 0 unspecified atom stereocenters. The third-order valence-corrected chi connectivity index (χ3v) is 4.36. The molecule has 5 heteroatoms. The van der Waals surface area contributed by atoms with E-state index in [0.717, 1.165) is 5.56 Å². The minimum atomic E-state index is -1.12. The summed E-state index contributed by atoms with van der Waals surface area (Å²) in [6.07, 6.45) is -0.996. The van der Waals surface area contributed by atoms with Gasteiger partial charge in [-0.1, -0.05) is 30.3 Å². The van der Waals surface area contributed by atoms with Gasteiger partial charge in [0.25, 0.3) is 0 Å². The molecule has 1 aliphatic rings. The van der Waals surface area contributed by atoms with Crippen LogP contribution >= 0.6 is 0 Å². The third kappa shape index (κ3) is 2.99. The number of hydrogen-bond acceptors (Lipinski definition) is 4. The first-order chi connectivity index (χ1) is 10.4. The van der Waals surface area contributed by atoms with Gasteiger partial charge in [-0.05, 0) is 26.3 Å². The fraction of sp³-hybridized carbons (Fsp3) is 0.529. The highest BCUT2D eigenvalue weighted by Crippen LogP contribution is 2.40. The monoisotopic (exact) mass is 305 g/mol. The zero-order valence-electron chi connectivity index (χ0n) is 13.3. The van der Waals surface area contributed by atoms with Gasteiger partial charge in [0.1, 0.15) is 0 Å². The van der Waals surface area contributed by atoms with E-state index in [2.05, 4.69) is 0 Å². The van der Waals surface area contributed by atoms with Crippen molar-refractivity contribution < 1.29 is 19.4 Å². The molecule has 2 rings (SSSR count). The maximum Gasteiger partial charge on any atom is 0.306 e. The molecule has 1 aromatic rings. The molecule has 1 aliphatic heterocycles. The van der Waals surface area contributed by atoms with Crippen LogP contribution in [-0.2, 0) is 20.9 Å². The van der Waals surface area contributed by atoms with Crippen LogP contribution in [-0.4, -0.2) is 40.6 Å². The Morgan fingerprint density at radius 1 is 1.36 bits per heavy atom. The minimum absolute atomic E-state index is 0.101. The number of carbonyl (C=O) groups is 2. The lowest BCUT2D eigenvalue weighted by atomic mass is 9.81. The highest BCUT2D eigenvalue weighted by molar-refractivity contribution is 5.90. The molecule has 1 heterocycles. The van der Waals surface area contributed by atoms with Gasteiger partial charge in [-0.3, -0.25) is 9.59 Å². The molecule has 0 aromatic heterocycles. The van der Waals surface area contributed by atoms with Crippen LogP contribution in [0.5, 0.6) is 0 Å². The Balaban J connectivity index is 2.18. The van der Waals surface area contributed by atoms with E-state index in [4.69, 9.17) is 4.74 Å². The summed E-state index contributed by atoms with van der Waals surface area (Å²) < 4.78 is 4.93. The second-order valence-electron chi connectivity index (χ2n) is 6.00. The number of carbonyl (C=O) groups excluding carboxylic acids is 2. The van der Waals surface area contributed by atoms with Gasteiger partial charge in [0.15, 0.2) is 0 Å². The van der Waals surface area contributed by atoms with E-state index in [1.807, 2.05) is 37.3 Å². The van der Waals surface area contributed by atoms with Crippen LogP contribution in [0, 0.1) is 5.41 Å². The van der Waals surface area contributed by atoms with E-state index in [1.165, 1.54) is 0 Å². The van der Waals surface area contributed by atoms with Gasteiger partial charge in [-0.2, -0.15) is 0 Å². The van der Waals surface area contributed by atoms with Crippen molar-refractivity contribution in [2.45, 2.75) is 45.9 Å². The molecule has 120 valence electrons. The number of aliphatic hydroxyl groups excluding tert-OH is 1. The van der Waals surface area contributed by atoms with Gasteiger partial charge in [0, 0.05) is 6.54 Å². The molecule has 1 N–H and O–H groups in total. The summed E-state index contributed by atoms with van der Waals surface area (Å²) in [4.78, 5) is 26.2. The van der Waals surface area contributed by atoms with Crippen LogP contribution in [0.15, 0.2) is 30.3 Å². The van der Waals surface area contributed by atoms with Crippen LogP contribution in [0.25, 0.3) is 0 Å². The van der Waals surface area contributed by atoms with E-state index in [-0.39, 0.29) is 25.0 Å². The lowest BCUT2D eigenvalue weighted by Gasteiger charge is -2.24. The average molecular weight is 305 g/mol. The lowest BCUT2D eigenvalue weighted by molar-refractivity contribution is -0.152. The Labute approximate surface area is 130 Å². The number of ether oxygens (including phenoxy) is 1. The van der Waals surface area contributed by atoms with Crippen molar-refractivity contribution in [1.29, 1.82) is 0 Å². The first-order valence-electron chi connectivity index (χ1n) is 7.59. The molecular weight excluding hydrogens is 282 g/mol. The summed E-state index contributed by atoms with van der Waals surface area (Å²) in [5.41, 5.74) is -0.129. The predicted molar refractivity (Wildman–Crippen MR) is 81.8 cm³/mol. The number of hydrogen-bond donors (Lipinski definition) is 1. The molecule has 22 heavy (non-hydrogen) atoms. The fourth-order valence-electron chi connectivity index (χ4n) is 3.03. The summed E-state index contributed by atoms with van der Waals surface area (Å²) >= 11 is 0. The topological polar surface area (TPSA) is 66.8 Å². The zero-order chi connectivity index (χ0) is 16.3. The van der Waals surface area contributed by atoms with E-state index < -0.39 is 17.5 Å². The maximum atomic E-state index is 12.8. The van der Waals surface area contributed by atoms with E-state index in [9.17, 15) is 14.7 Å². The van der Waals surface area contributed by atoms with Crippen molar-refractivity contribution in [3.63, 3.8) is 0 Å². The highest BCUT2D eigenvalue weighted by atomic mass is 16.5. The Bertz CT molecular complexity index is 545. The summed E-state index contributed by atoms with van der Waals surface area (Å²) in [5.74, 6) is -0.657. The number of amides is 1. The van der Waals surface area contributed by atoms with Crippen molar-refractivity contribution in [3.05, 3.63) is 35.9 Å². The standard InChI is InChI=1S/C17H23NO4/c1-4-22-14(19)10-17(3)15(20)12(2)18(16(17)21)11-13-8-6-5-7-9-13/h5-9,12,15,20H,4,10-11H2,1-3H3/t12-,15-,17-/m1/s1. The van der Waals surface area contributed by atoms with Crippen LogP contribution in [0.1, 0.15) is 32.8 Å². The minimum Gasteiger partial charge on any atom is -0.466 e. The molecule has 3 atom stereocenters. The van der Waals surface area contributed by atoms with Crippen molar-refractivity contribution in [1.82, 2.24) is 4.90 Å². The van der Waals surface area contributed by atoms with Gasteiger partial charge in [-0.15, -0.1) is 0 Å². The van der Waals surface area contributed by atoms with Gasteiger partial charge in [-0.25, -0.2) is 0 Å². The van der Waals surface area contributed by atoms with Crippen LogP contribution < -0.4 is 0 Å². The molecule has 5 nitrogen and oxygen atoms in total. The number of rotatable bonds is 5. The largest absolute Gasteiger partial charge is 0.466 e. The molecule has 0 saturated carbocycles. The lowest BCUT2D eigenvalue weighted by Crippen LogP contribution is -2.38. The van der Waals surface area contributed by atoms with Gasteiger partial charge in [0.05, 0.1) is 30.6 Å². The Morgan fingerprint density at radius 2 is 2.00 bits per heavy atom. The van der Waals surface area contributed by atoms with Gasteiger partial charge < -0.3 is 14.7 Å². The normalized spacial score (nSPS) is 28.0. The van der Waals surface area contributed by atoms with Crippen molar-refractivity contribution in [2.24, 2.45) is 5.41 Å². The third-order valence-electron chi connectivity index (χ3n) is 4.36. The smallest absolute Gasteiger partial charge is 0.306 e. The number of esters is 1. The highest BCUT2D eigenvalue weighted by Gasteiger charge is 2.55. The van der Waals surface area contributed by atoms with Crippen molar-refractivity contribution in [2.75, 3.05) is 6.61 Å². The second-order valence-corrected chi connectivity index (χ2v) is 6.00. The molecule has 1 fully saturated rings. The summed E-state index contributed by atoms with van der Waals surface area (Å²) in [7, 11) is 0. The Morgan fingerprint density at radius 3 is 2.59 bits per heavy atom. The molecule has 0 aliphatic carbocycles. The van der Waals surface area contributed by atoms with E-state index in [0.29, 0.717) is 6.54 Å². The van der Waals surface area contributed by atoms with Crippen molar-refractivity contribution in [3.8, 4) is 0 Å². The Kier molecular flexibility index (Phi) is 4.86. The summed E-state index contributed by atoms with van der Waals surface area (Å²) in [6, 6.07) is 9.27. The molecule has 1 amide bonds.